The van der Waals surface area contributed by atoms with E-state index in [0.29, 0.717) is 24.9 Å². The number of benzene rings is 1. The van der Waals surface area contributed by atoms with Gasteiger partial charge in [0.15, 0.2) is 0 Å². The molecule has 1 amide bonds. The van der Waals surface area contributed by atoms with E-state index in [1.54, 1.807) is 12.1 Å². The molecule has 2 atom stereocenters. The molecule has 2 aliphatic heterocycles. The highest BCUT2D eigenvalue weighted by atomic mass is 16.6. The van der Waals surface area contributed by atoms with E-state index >= 15 is 0 Å². The molecule has 158 valence electrons. The number of hydrogen-bond donors (Lipinski definition) is 1. The van der Waals surface area contributed by atoms with Crippen LogP contribution in [0.3, 0.4) is 0 Å². The van der Waals surface area contributed by atoms with Crippen LogP contribution in [0, 0.1) is 22.0 Å². The van der Waals surface area contributed by atoms with Crippen LogP contribution in [-0.2, 0) is 11.2 Å². The van der Waals surface area contributed by atoms with E-state index in [0.717, 1.165) is 30.9 Å². The smallest absolute Gasteiger partial charge is 0.269 e. The number of anilines is 1. The van der Waals surface area contributed by atoms with Gasteiger partial charge in [0.05, 0.1) is 16.9 Å². The number of nitrogens with one attached hydrogen (secondary N) is 1. The van der Waals surface area contributed by atoms with Gasteiger partial charge in [-0.2, -0.15) is 0 Å². The van der Waals surface area contributed by atoms with Crippen molar-refractivity contribution in [3.63, 3.8) is 0 Å². The van der Waals surface area contributed by atoms with Gasteiger partial charge in [-0.25, -0.2) is 0 Å². The Labute approximate surface area is 172 Å². The summed E-state index contributed by atoms with van der Waals surface area (Å²) in [6.07, 6.45) is 5.71. The van der Waals surface area contributed by atoms with Gasteiger partial charge in [-0.15, -0.1) is 0 Å². The number of amides is 1. The molecule has 2 heterocycles. The molecule has 0 radical (unpaired) electrons. The first-order valence-electron chi connectivity index (χ1n) is 11.0. The fourth-order valence-electron chi connectivity index (χ4n) is 5.28. The van der Waals surface area contributed by atoms with Crippen LogP contribution < -0.4 is 10.2 Å². The van der Waals surface area contributed by atoms with Crippen molar-refractivity contribution in [3.8, 4) is 0 Å². The lowest BCUT2D eigenvalue weighted by Crippen LogP contribution is -2.62. The Hall–Kier alpha value is -2.15. The molecule has 0 aromatic heterocycles. The number of non-ortho nitro benzene ring substituents is 1. The molecule has 0 unspecified atom stereocenters. The van der Waals surface area contributed by atoms with E-state index < -0.39 is 0 Å². The van der Waals surface area contributed by atoms with Crippen molar-refractivity contribution in [1.82, 2.24) is 10.2 Å². The normalized spacial score (nSPS) is 25.0. The zero-order valence-electron chi connectivity index (χ0n) is 17.5. The molecule has 1 aliphatic carbocycles. The molecule has 29 heavy (non-hydrogen) atoms. The molecule has 1 aromatic rings. The Kier molecular flexibility index (Phi) is 5.76. The molecule has 1 saturated heterocycles. The zero-order chi connectivity index (χ0) is 20.5. The summed E-state index contributed by atoms with van der Waals surface area (Å²) in [5.74, 6) is 0.306. The van der Waals surface area contributed by atoms with E-state index in [1.165, 1.54) is 25.7 Å². The van der Waals surface area contributed by atoms with Crippen LogP contribution in [0.15, 0.2) is 18.2 Å². The molecular weight excluding hydrogens is 368 g/mol. The molecule has 7 heteroatoms. The number of nitro benzene ring substituents is 1. The Morgan fingerprint density at radius 2 is 2.03 bits per heavy atom. The molecule has 1 aromatic carbocycles. The molecule has 7 nitrogen and oxygen atoms in total. The van der Waals surface area contributed by atoms with Gasteiger partial charge in [-0.1, -0.05) is 26.7 Å². The highest BCUT2D eigenvalue weighted by Crippen LogP contribution is 2.39. The number of carbonyl (C=O) groups is 1. The van der Waals surface area contributed by atoms with Crippen LogP contribution in [-0.4, -0.2) is 54.0 Å². The first-order valence-corrected chi connectivity index (χ1v) is 11.0. The second kappa shape index (κ2) is 8.30. The van der Waals surface area contributed by atoms with Crippen LogP contribution in [0.1, 0.15) is 45.1 Å². The zero-order valence-corrected chi connectivity index (χ0v) is 17.5. The molecule has 1 N–H and O–H groups in total. The number of fused-ring (bicyclic) bond motifs is 3. The minimum Gasteiger partial charge on any atom is -0.365 e. The van der Waals surface area contributed by atoms with Crippen LogP contribution >= 0.6 is 0 Å². The topological polar surface area (TPSA) is 78.7 Å². The summed E-state index contributed by atoms with van der Waals surface area (Å²) in [6, 6.07) is 5.92. The molecular formula is C22H32N4O3. The molecule has 3 aliphatic rings. The predicted octanol–water partition coefficient (Wildman–Crippen LogP) is 2.97. The largest absolute Gasteiger partial charge is 0.365 e. The van der Waals surface area contributed by atoms with Crippen molar-refractivity contribution in [2.45, 2.75) is 58.0 Å². The minimum atomic E-state index is -0.349. The lowest BCUT2D eigenvalue weighted by atomic mass is 9.82. The van der Waals surface area contributed by atoms with Crippen molar-refractivity contribution in [1.29, 1.82) is 0 Å². The summed E-state index contributed by atoms with van der Waals surface area (Å²) in [7, 11) is 0. The van der Waals surface area contributed by atoms with Crippen molar-refractivity contribution in [3.05, 3.63) is 33.9 Å². The first-order chi connectivity index (χ1) is 13.9. The standard InChI is InChI=1S/C22H32N4O3/c1-15(2)13-23-22(27)19-12-16-11-18(26(28)29)7-8-20(16)25-10-9-24(14-21(19)25)17-5-3-4-6-17/h7-8,11,15,17,19,21H,3-6,9-10,12-14H2,1-2H3,(H,23,27)/t19-,21+/m0/s1. The number of nitro groups is 1. The summed E-state index contributed by atoms with van der Waals surface area (Å²) in [6.45, 7) is 7.62. The maximum Gasteiger partial charge on any atom is 0.269 e. The molecule has 4 rings (SSSR count). The lowest BCUT2D eigenvalue weighted by Gasteiger charge is -2.50. The maximum absolute atomic E-state index is 13.1. The third kappa shape index (κ3) is 4.10. The second-order valence-corrected chi connectivity index (χ2v) is 9.21. The maximum atomic E-state index is 13.1. The highest BCUT2D eigenvalue weighted by Gasteiger charge is 2.43. The fraction of sp³-hybridized carbons (Fsp3) is 0.682. The molecule has 0 bridgehead atoms. The number of rotatable bonds is 5. The van der Waals surface area contributed by atoms with Crippen LogP contribution in [0.2, 0.25) is 0 Å². The average molecular weight is 401 g/mol. The van der Waals surface area contributed by atoms with E-state index in [-0.39, 0.29) is 28.5 Å². The third-order valence-electron chi connectivity index (χ3n) is 6.80. The molecule has 2 fully saturated rings. The Morgan fingerprint density at radius 1 is 1.28 bits per heavy atom. The molecule has 0 spiro atoms. The SMILES string of the molecule is CC(C)CNC(=O)[C@H]1Cc2cc([N+](=O)[O-])ccc2N2CCN(C3CCCC3)C[C@H]12. The number of hydrogen-bond acceptors (Lipinski definition) is 5. The Morgan fingerprint density at radius 3 is 2.72 bits per heavy atom. The summed E-state index contributed by atoms with van der Waals surface area (Å²) in [5, 5.41) is 14.4. The van der Waals surface area contributed by atoms with Gasteiger partial charge in [-0.05, 0) is 36.8 Å². The van der Waals surface area contributed by atoms with Crippen molar-refractivity contribution < 1.29 is 9.72 Å². The van der Waals surface area contributed by atoms with E-state index in [4.69, 9.17) is 0 Å². The van der Waals surface area contributed by atoms with Crippen molar-refractivity contribution in [2.24, 2.45) is 11.8 Å². The molecule has 1 saturated carbocycles. The van der Waals surface area contributed by atoms with Crippen molar-refractivity contribution in [2.75, 3.05) is 31.1 Å². The monoisotopic (exact) mass is 400 g/mol. The van der Waals surface area contributed by atoms with E-state index in [2.05, 4.69) is 29.0 Å². The van der Waals surface area contributed by atoms with Crippen LogP contribution in [0.5, 0.6) is 0 Å². The second-order valence-electron chi connectivity index (χ2n) is 9.21. The minimum absolute atomic E-state index is 0.0825. The van der Waals surface area contributed by atoms with Gasteiger partial charge in [-0.3, -0.25) is 19.8 Å². The Bertz CT molecular complexity index is 775. The lowest BCUT2D eigenvalue weighted by molar-refractivity contribution is -0.384. The van der Waals surface area contributed by atoms with Gasteiger partial charge in [0, 0.05) is 50.0 Å². The van der Waals surface area contributed by atoms with Crippen LogP contribution in [0.4, 0.5) is 11.4 Å². The van der Waals surface area contributed by atoms with Crippen LogP contribution in [0.25, 0.3) is 0 Å². The summed E-state index contributed by atoms with van der Waals surface area (Å²) in [4.78, 5) is 29.0. The number of piperazine rings is 1. The third-order valence-corrected chi connectivity index (χ3v) is 6.80. The average Bonchev–Trinajstić information content (AvgIpc) is 3.25. The van der Waals surface area contributed by atoms with Gasteiger partial charge in [0.25, 0.3) is 5.69 Å². The highest BCUT2D eigenvalue weighted by molar-refractivity contribution is 5.82. The van der Waals surface area contributed by atoms with Gasteiger partial charge >= 0.3 is 0 Å². The quantitative estimate of drug-likeness (QED) is 0.607. The van der Waals surface area contributed by atoms with E-state index in [1.807, 2.05) is 6.07 Å². The van der Waals surface area contributed by atoms with Gasteiger partial charge < -0.3 is 10.2 Å². The fourth-order valence-corrected chi connectivity index (χ4v) is 5.28. The van der Waals surface area contributed by atoms with Gasteiger partial charge in [0.2, 0.25) is 5.91 Å². The Balaban J connectivity index is 1.62. The predicted molar refractivity (Wildman–Crippen MR) is 113 cm³/mol. The van der Waals surface area contributed by atoms with Gasteiger partial charge in [0.1, 0.15) is 0 Å². The van der Waals surface area contributed by atoms with Crippen molar-refractivity contribution >= 4 is 17.3 Å². The first kappa shape index (κ1) is 20.1. The summed E-state index contributed by atoms with van der Waals surface area (Å²) >= 11 is 0. The summed E-state index contributed by atoms with van der Waals surface area (Å²) in [5.41, 5.74) is 2.10. The summed E-state index contributed by atoms with van der Waals surface area (Å²) < 4.78 is 0. The number of nitrogens with zero attached hydrogens (tertiary/aromatic N) is 3. The number of carbonyl (C=O) groups excluding carboxylic acids is 1. The van der Waals surface area contributed by atoms with E-state index in [9.17, 15) is 14.9 Å².